The first-order chi connectivity index (χ1) is 13.2. The van der Waals surface area contributed by atoms with Crippen molar-refractivity contribution < 1.29 is 14.3 Å². The van der Waals surface area contributed by atoms with Gasteiger partial charge >= 0.3 is 0 Å². The first-order valence-corrected chi connectivity index (χ1v) is 8.87. The van der Waals surface area contributed by atoms with Crippen LogP contribution in [0.5, 0.6) is 11.5 Å². The first kappa shape index (κ1) is 15.8. The minimum Gasteiger partial charge on any atom is -0.454 e. The second-order valence-corrected chi connectivity index (χ2v) is 6.66. The summed E-state index contributed by atoms with van der Waals surface area (Å²) in [7, 11) is 0. The van der Waals surface area contributed by atoms with E-state index >= 15 is 0 Å². The van der Waals surface area contributed by atoms with Gasteiger partial charge in [0.1, 0.15) is 6.17 Å². The smallest absolute Gasteiger partial charge is 0.262 e. The highest BCUT2D eigenvalue weighted by Crippen LogP contribution is 2.41. The molecular formula is C22H18N2O3. The number of amides is 1. The molecule has 0 saturated carbocycles. The lowest BCUT2D eigenvalue weighted by Gasteiger charge is -2.38. The van der Waals surface area contributed by atoms with E-state index in [1.54, 1.807) is 4.90 Å². The van der Waals surface area contributed by atoms with E-state index in [0.29, 0.717) is 17.1 Å². The minimum atomic E-state index is -0.311. The van der Waals surface area contributed by atoms with Crippen molar-refractivity contribution >= 4 is 17.3 Å². The number of ether oxygens (including phenoxy) is 2. The average Bonchev–Trinajstić information content (AvgIpc) is 3.16. The van der Waals surface area contributed by atoms with Gasteiger partial charge in [-0.15, -0.1) is 0 Å². The molecule has 1 amide bonds. The molecule has 0 fully saturated rings. The van der Waals surface area contributed by atoms with Crippen LogP contribution >= 0.6 is 0 Å². The van der Waals surface area contributed by atoms with E-state index < -0.39 is 0 Å². The lowest BCUT2D eigenvalue weighted by molar-refractivity contribution is 0.0975. The van der Waals surface area contributed by atoms with E-state index in [0.717, 1.165) is 22.5 Å². The average molecular weight is 358 g/mol. The highest BCUT2D eigenvalue weighted by Gasteiger charge is 2.35. The zero-order valence-corrected chi connectivity index (χ0v) is 14.8. The van der Waals surface area contributed by atoms with Crippen LogP contribution in [-0.4, -0.2) is 12.7 Å². The molecule has 0 spiro atoms. The topological polar surface area (TPSA) is 50.8 Å². The Balaban J connectivity index is 1.67. The summed E-state index contributed by atoms with van der Waals surface area (Å²) in [6.07, 6.45) is -0.311. The minimum absolute atomic E-state index is 0.0449. The molecule has 134 valence electrons. The number of carbonyl (C=O) groups excluding carboxylic acids is 1. The molecule has 0 bridgehead atoms. The molecule has 3 aromatic rings. The predicted molar refractivity (Wildman–Crippen MR) is 103 cm³/mol. The molecule has 0 saturated heterocycles. The van der Waals surface area contributed by atoms with Gasteiger partial charge in [-0.25, -0.2) is 0 Å². The Morgan fingerprint density at radius 1 is 0.963 bits per heavy atom. The zero-order chi connectivity index (χ0) is 18.4. The third-order valence-electron chi connectivity index (χ3n) is 5.04. The van der Waals surface area contributed by atoms with Crippen molar-refractivity contribution in [1.82, 2.24) is 0 Å². The molecule has 0 radical (unpaired) electrons. The van der Waals surface area contributed by atoms with Crippen molar-refractivity contribution in [3.63, 3.8) is 0 Å². The molecular weight excluding hydrogens is 340 g/mol. The molecule has 27 heavy (non-hydrogen) atoms. The molecule has 5 nitrogen and oxygen atoms in total. The van der Waals surface area contributed by atoms with Crippen molar-refractivity contribution in [3.05, 3.63) is 83.4 Å². The van der Waals surface area contributed by atoms with Gasteiger partial charge in [0.15, 0.2) is 11.5 Å². The third kappa shape index (κ3) is 2.51. The standard InChI is InChI=1S/C22H18N2O3/c1-14-6-2-3-7-16(14)21-23-18-9-5-4-8-17(18)22(25)24(21)15-10-11-19-20(12-15)27-13-26-19/h2-12,21,23H,13H2,1H3/t21-/m0/s1. The van der Waals surface area contributed by atoms with Crippen molar-refractivity contribution in [1.29, 1.82) is 0 Å². The van der Waals surface area contributed by atoms with E-state index in [1.165, 1.54) is 0 Å². The summed E-state index contributed by atoms with van der Waals surface area (Å²) < 4.78 is 10.9. The number of anilines is 2. The van der Waals surface area contributed by atoms with Crippen LogP contribution in [0.15, 0.2) is 66.7 Å². The van der Waals surface area contributed by atoms with Gasteiger partial charge in [0.25, 0.3) is 5.91 Å². The molecule has 0 unspecified atom stereocenters. The lowest BCUT2D eigenvalue weighted by Crippen LogP contribution is -2.43. The van der Waals surface area contributed by atoms with Gasteiger partial charge in [0.05, 0.1) is 11.3 Å². The van der Waals surface area contributed by atoms with E-state index in [-0.39, 0.29) is 18.9 Å². The summed E-state index contributed by atoms with van der Waals surface area (Å²) in [5.41, 5.74) is 4.43. The van der Waals surface area contributed by atoms with Gasteiger partial charge in [0.2, 0.25) is 6.79 Å². The highest BCUT2D eigenvalue weighted by atomic mass is 16.7. The largest absolute Gasteiger partial charge is 0.454 e. The number of carbonyl (C=O) groups is 1. The maximum atomic E-state index is 13.4. The summed E-state index contributed by atoms with van der Waals surface area (Å²) in [6.45, 7) is 2.26. The Morgan fingerprint density at radius 2 is 1.74 bits per heavy atom. The van der Waals surface area contributed by atoms with Crippen LogP contribution in [0.2, 0.25) is 0 Å². The predicted octanol–water partition coefficient (Wildman–Crippen LogP) is 4.49. The van der Waals surface area contributed by atoms with Gasteiger partial charge in [-0.05, 0) is 42.3 Å². The lowest BCUT2D eigenvalue weighted by atomic mass is 9.99. The van der Waals surface area contributed by atoms with Crippen molar-refractivity contribution in [2.45, 2.75) is 13.1 Å². The first-order valence-electron chi connectivity index (χ1n) is 8.87. The molecule has 2 aliphatic rings. The number of fused-ring (bicyclic) bond motifs is 2. The van der Waals surface area contributed by atoms with Crippen molar-refractivity contribution in [2.75, 3.05) is 17.0 Å². The number of hydrogen-bond acceptors (Lipinski definition) is 4. The number of nitrogens with one attached hydrogen (secondary N) is 1. The van der Waals surface area contributed by atoms with Crippen LogP contribution in [-0.2, 0) is 0 Å². The molecule has 1 atom stereocenters. The monoisotopic (exact) mass is 358 g/mol. The number of benzene rings is 3. The van der Waals surface area contributed by atoms with E-state index in [1.807, 2.05) is 60.7 Å². The van der Waals surface area contributed by atoms with E-state index in [9.17, 15) is 4.79 Å². The molecule has 2 aliphatic heterocycles. The van der Waals surface area contributed by atoms with Crippen LogP contribution in [0.1, 0.15) is 27.7 Å². The molecule has 0 aliphatic carbocycles. The van der Waals surface area contributed by atoms with Gasteiger partial charge in [0, 0.05) is 11.8 Å². The summed E-state index contributed by atoms with van der Waals surface area (Å²) in [6, 6.07) is 21.3. The Bertz CT molecular complexity index is 1050. The Morgan fingerprint density at radius 3 is 2.63 bits per heavy atom. The quantitative estimate of drug-likeness (QED) is 0.733. The van der Waals surface area contributed by atoms with Crippen LogP contribution < -0.4 is 19.7 Å². The van der Waals surface area contributed by atoms with Crippen LogP contribution in [0.25, 0.3) is 0 Å². The Hall–Kier alpha value is -3.47. The SMILES string of the molecule is Cc1ccccc1[C@H]1Nc2ccccc2C(=O)N1c1ccc2c(c1)OCO2. The highest BCUT2D eigenvalue weighted by molar-refractivity contribution is 6.12. The molecule has 2 heterocycles. The summed E-state index contributed by atoms with van der Waals surface area (Å²) in [5.74, 6) is 1.31. The fraction of sp³-hybridized carbons (Fsp3) is 0.136. The van der Waals surface area contributed by atoms with Gasteiger partial charge in [-0.1, -0.05) is 36.4 Å². The summed E-state index contributed by atoms with van der Waals surface area (Å²) in [5, 5.41) is 3.53. The molecule has 1 N–H and O–H groups in total. The number of aryl methyl sites for hydroxylation is 1. The van der Waals surface area contributed by atoms with Crippen LogP contribution in [0.4, 0.5) is 11.4 Å². The van der Waals surface area contributed by atoms with Crippen LogP contribution in [0, 0.1) is 6.92 Å². The number of nitrogens with zero attached hydrogens (tertiary/aromatic N) is 1. The van der Waals surface area contributed by atoms with Gasteiger partial charge in [-0.2, -0.15) is 0 Å². The maximum Gasteiger partial charge on any atom is 0.262 e. The van der Waals surface area contributed by atoms with Crippen molar-refractivity contribution in [3.8, 4) is 11.5 Å². The molecule has 5 rings (SSSR count). The van der Waals surface area contributed by atoms with E-state index in [2.05, 4.69) is 18.3 Å². The fourth-order valence-electron chi connectivity index (χ4n) is 3.67. The van der Waals surface area contributed by atoms with Crippen molar-refractivity contribution in [2.24, 2.45) is 0 Å². The Kier molecular flexibility index (Phi) is 3.53. The van der Waals surface area contributed by atoms with E-state index in [4.69, 9.17) is 9.47 Å². The number of hydrogen-bond donors (Lipinski definition) is 1. The second kappa shape index (κ2) is 6.06. The summed E-state index contributed by atoms with van der Waals surface area (Å²) >= 11 is 0. The second-order valence-electron chi connectivity index (χ2n) is 6.66. The van der Waals surface area contributed by atoms with Crippen LogP contribution in [0.3, 0.4) is 0 Å². The molecule has 5 heteroatoms. The zero-order valence-electron chi connectivity index (χ0n) is 14.8. The number of para-hydroxylation sites is 1. The Labute approximate surface area is 157 Å². The normalized spacial score (nSPS) is 17.4. The molecule has 0 aromatic heterocycles. The molecule has 3 aromatic carbocycles. The fourth-order valence-corrected chi connectivity index (χ4v) is 3.67. The number of rotatable bonds is 2. The van der Waals surface area contributed by atoms with Gasteiger partial charge < -0.3 is 14.8 Å². The van der Waals surface area contributed by atoms with Gasteiger partial charge in [-0.3, -0.25) is 9.69 Å². The third-order valence-corrected chi connectivity index (χ3v) is 5.04. The maximum absolute atomic E-state index is 13.4. The summed E-state index contributed by atoms with van der Waals surface area (Å²) in [4.78, 5) is 15.2.